The van der Waals surface area contributed by atoms with Crippen molar-refractivity contribution < 1.29 is 23.8 Å². The lowest BCUT2D eigenvalue weighted by Gasteiger charge is -2.30. The predicted molar refractivity (Wildman–Crippen MR) is 145 cm³/mol. The van der Waals surface area contributed by atoms with E-state index in [4.69, 9.17) is 37.4 Å². The van der Waals surface area contributed by atoms with Crippen LogP contribution in [-0.2, 0) is 9.59 Å². The molecule has 4 rings (SSSR count). The van der Waals surface area contributed by atoms with Gasteiger partial charge in [-0.2, -0.15) is 0 Å². The van der Waals surface area contributed by atoms with Crippen LogP contribution in [0.4, 0.5) is 11.4 Å². The summed E-state index contributed by atoms with van der Waals surface area (Å²) in [4.78, 5) is 26.7. The Kier molecular flexibility index (Phi) is 9.14. The van der Waals surface area contributed by atoms with E-state index in [9.17, 15) is 9.59 Å². The zero-order valence-corrected chi connectivity index (χ0v) is 22.0. The molecule has 1 heterocycles. The fourth-order valence-corrected chi connectivity index (χ4v) is 4.27. The van der Waals surface area contributed by atoms with Gasteiger partial charge in [-0.3, -0.25) is 9.59 Å². The van der Waals surface area contributed by atoms with Crippen LogP contribution in [0.3, 0.4) is 0 Å². The average Bonchev–Trinajstić information content (AvgIpc) is 2.87. The number of nitrogens with zero attached hydrogens (tertiary/aromatic N) is 1. The van der Waals surface area contributed by atoms with E-state index < -0.39 is 0 Å². The van der Waals surface area contributed by atoms with Crippen LogP contribution >= 0.6 is 23.2 Å². The monoisotopic (exact) mass is 542 g/mol. The molecule has 1 N–H and O–H groups in total. The zero-order chi connectivity index (χ0) is 26.2. The first-order valence-corrected chi connectivity index (χ1v) is 12.8. The van der Waals surface area contributed by atoms with Crippen molar-refractivity contribution in [2.75, 3.05) is 36.6 Å². The van der Waals surface area contributed by atoms with Gasteiger partial charge < -0.3 is 24.4 Å². The highest BCUT2D eigenvalue weighted by atomic mass is 35.5. The number of fused-ring (bicyclic) bond motifs is 1. The molecule has 0 saturated heterocycles. The Balaban J connectivity index is 1.27. The highest BCUT2D eigenvalue weighted by Crippen LogP contribution is 2.35. The third-order valence-electron chi connectivity index (χ3n) is 5.70. The Hall–Kier alpha value is -3.42. The highest BCUT2D eigenvalue weighted by Gasteiger charge is 2.25. The molecule has 0 spiro atoms. The number of benzene rings is 3. The number of halogens is 2. The molecular formula is C28H28Cl2N2O5. The Labute approximate surface area is 226 Å². The molecule has 0 aliphatic carbocycles. The number of amides is 2. The van der Waals surface area contributed by atoms with Gasteiger partial charge in [-0.05, 0) is 68.3 Å². The van der Waals surface area contributed by atoms with Crippen LogP contribution < -0.4 is 24.4 Å². The maximum atomic E-state index is 12.6. The van der Waals surface area contributed by atoms with Crippen LogP contribution in [0.25, 0.3) is 0 Å². The molecule has 9 heteroatoms. The quantitative estimate of drug-likeness (QED) is 0.288. The molecule has 3 aromatic rings. The summed E-state index contributed by atoms with van der Waals surface area (Å²) in [6.45, 7) is 3.29. The average molecular weight is 543 g/mol. The highest BCUT2D eigenvalue weighted by molar-refractivity contribution is 6.35. The first-order valence-electron chi connectivity index (χ1n) is 12.0. The van der Waals surface area contributed by atoms with E-state index in [1.54, 1.807) is 41.3 Å². The van der Waals surface area contributed by atoms with Crippen molar-refractivity contribution in [1.82, 2.24) is 0 Å². The third kappa shape index (κ3) is 7.54. The van der Waals surface area contributed by atoms with Gasteiger partial charge in [0.1, 0.15) is 17.2 Å². The normalized spacial score (nSPS) is 12.5. The largest absolute Gasteiger partial charge is 0.494 e. The lowest BCUT2D eigenvalue weighted by Crippen LogP contribution is -2.39. The van der Waals surface area contributed by atoms with Crippen LogP contribution in [-0.4, -0.2) is 38.2 Å². The molecule has 1 aliphatic heterocycles. The SMILES string of the molecule is Cc1ccc(OCCCN2C(=O)COc3ccc(NC(=O)CCCOc4ccc(Cl)cc4Cl)cc32)cc1. The molecule has 1 aliphatic rings. The molecule has 0 radical (unpaired) electrons. The number of anilines is 2. The molecule has 0 fully saturated rings. The molecule has 37 heavy (non-hydrogen) atoms. The van der Waals surface area contributed by atoms with E-state index >= 15 is 0 Å². The molecule has 0 saturated carbocycles. The smallest absolute Gasteiger partial charge is 0.265 e. The third-order valence-corrected chi connectivity index (χ3v) is 6.23. The minimum atomic E-state index is -0.160. The van der Waals surface area contributed by atoms with Crippen molar-refractivity contribution in [3.8, 4) is 17.2 Å². The number of hydrogen-bond donors (Lipinski definition) is 1. The van der Waals surface area contributed by atoms with E-state index in [1.807, 2.05) is 31.2 Å². The molecule has 194 valence electrons. The van der Waals surface area contributed by atoms with Gasteiger partial charge in [0.25, 0.3) is 5.91 Å². The lowest BCUT2D eigenvalue weighted by molar-refractivity contribution is -0.121. The Bertz CT molecular complexity index is 1250. The second-order valence-corrected chi connectivity index (χ2v) is 9.45. The van der Waals surface area contributed by atoms with Crippen molar-refractivity contribution in [1.29, 1.82) is 0 Å². The fraction of sp³-hybridized carbons (Fsp3) is 0.286. The van der Waals surface area contributed by atoms with E-state index in [0.29, 0.717) is 65.5 Å². The van der Waals surface area contributed by atoms with Gasteiger partial charge in [0.15, 0.2) is 6.61 Å². The maximum Gasteiger partial charge on any atom is 0.265 e. The number of hydrogen-bond acceptors (Lipinski definition) is 5. The molecule has 0 atom stereocenters. The van der Waals surface area contributed by atoms with Crippen LogP contribution in [0.5, 0.6) is 17.2 Å². The van der Waals surface area contributed by atoms with Gasteiger partial charge in [-0.25, -0.2) is 0 Å². The molecule has 0 aromatic heterocycles. The van der Waals surface area contributed by atoms with Gasteiger partial charge in [-0.15, -0.1) is 0 Å². The minimum Gasteiger partial charge on any atom is -0.494 e. The first-order chi connectivity index (χ1) is 17.9. The van der Waals surface area contributed by atoms with Crippen LogP contribution in [0.1, 0.15) is 24.8 Å². The molecule has 3 aromatic carbocycles. The summed E-state index contributed by atoms with van der Waals surface area (Å²) in [6, 6.07) is 18.1. The maximum absolute atomic E-state index is 12.6. The Morgan fingerprint density at radius 1 is 1.00 bits per heavy atom. The number of carbonyl (C=O) groups is 2. The van der Waals surface area contributed by atoms with Gasteiger partial charge in [0.05, 0.1) is 23.9 Å². The summed E-state index contributed by atoms with van der Waals surface area (Å²) in [7, 11) is 0. The number of ether oxygens (including phenoxy) is 3. The van der Waals surface area contributed by atoms with Gasteiger partial charge in [0.2, 0.25) is 5.91 Å². The molecular weight excluding hydrogens is 515 g/mol. The van der Waals surface area contributed by atoms with Crippen molar-refractivity contribution >= 4 is 46.4 Å². The summed E-state index contributed by atoms with van der Waals surface area (Å²) in [5, 5.41) is 3.84. The molecule has 0 bridgehead atoms. The van der Waals surface area contributed by atoms with Crippen LogP contribution in [0, 0.1) is 6.92 Å². The van der Waals surface area contributed by atoms with Crippen molar-refractivity contribution in [3.05, 3.63) is 76.3 Å². The van der Waals surface area contributed by atoms with Crippen molar-refractivity contribution in [2.24, 2.45) is 0 Å². The molecule has 2 amide bonds. The second-order valence-electron chi connectivity index (χ2n) is 8.61. The molecule has 7 nitrogen and oxygen atoms in total. The number of aryl methyl sites for hydroxylation is 1. The first kappa shape index (κ1) is 26.6. The van der Waals surface area contributed by atoms with E-state index in [0.717, 1.165) is 5.75 Å². The summed E-state index contributed by atoms with van der Waals surface area (Å²) in [6.07, 6.45) is 1.41. The zero-order valence-electron chi connectivity index (χ0n) is 20.5. The van der Waals surface area contributed by atoms with Gasteiger partial charge in [0, 0.05) is 23.7 Å². The Morgan fingerprint density at radius 3 is 2.57 bits per heavy atom. The minimum absolute atomic E-state index is 0.0187. The topological polar surface area (TPSA) is 77.1 Å². The van der Waals surface area contributed by atoms with E-state index in [2.05, 4.69) is 5.32 Å². The summed E-state index contributed by atoms with van der Waals surface area (Å²) in [5.74, 6) is 1.63. The standard InChI is InChI=1S/C28H28Cl2N2O5/c1-19-5-9-22(10-6-19)35-15-3-13-32-24-17-21(8-12-26(24)37-18-28(32)34)31-27(33)4-2-14-36-25-11-7-20(29)16-23(25)30/h5-12,16-17H,2-4,13-15,18H2,1H3,(H,31,33). The van der Waals surface area contributed by atoms with Crippen molar-refractivity contribution in [3.63, 3.8) is 0 Å². The fourth-order valence-electron chi connectivity index (χ4n) is 3.80. The second kappa shape index (κ2) is 12.7. The summed E-state index contributed by atoms with van der Waals surface area (Å²) < 4.78 is 17.0. The van der Waals surface area contributed by atoms with Crippen LogP contribution in [0.15, 0.2) is 60.7 Å². The Morgan fingerprint density at radius 2 is 1.78 bits per heavy atom. The lowest BCUT2D eigenvalue weighted by atomic mass is 10.2. The number of nitrogens with one attached hydrogen (secondary N) is 1. The number of rotatable bonds is 11. The summed E-state index contributed by atoms with van der Waals surface area (Å²) in [5.41, 5.74) is 2.39. The van der Waals surface area contributed by atoms with Gasteiger partial charge >= 0.3 is 0 Å². The predicted octanol–water partition coefficient (Wildman–Crippen LogP) is 6.29. The number of carbonyl (C=O) groups excluding carboxylic acids is 2. The van der Waals surface area contributed by atoms with Crippen molar-refractivity contribution in [2.45, 2.75) is 26.2 Å². The summed E-state index contributed by atoms with van der Waals surface area (Å²) >= 11 is 12.0. The van der Waals surface area contributed by atoms with E-state index in [-0.39, 0.29) is 24.8 Å². The van der Waals surface area contributed by atoms with E-state index in [1.165, 1.54) is 5.56 Å². The molecule has 0 unspecified atom stereocenters. The van der Waals surface area contributed by atoms with Gasteiger partial charge in [-0.1, -0.05) is 40.9 Å². The van der Waals surface area contributed by atoms with Crippen LogP contribution in [0.2, 0.25) is 10.0 Å².